The molecule has 80 valence electrons. The minimum atomic E-state index is 0.853. The Bertz CT molecular complexity index is 435. The summed E-state index contributed by atoms with van der Waals surface area (Å²) in [5, 5.41) is 5.49. The minimum Gasteiger partial charge on any atom is -0.337 e. The van der Waals surface area contributed by atoms with Crippen LogP contribution in [0.5, 0.6) is 0 Å². The first-order valence-electron chi connectivity index (χ1n) is 4.64. The fourth-order valence-electron chi connectivity index (χ4n) is 1.32. The predicted molar refractivity (Wildman–Crippen MR) is 65.8 cm³/mol. The molecule has 0 aliphatic rings. The second-order valence-corrected chi connectivity index (χ2v) is 5.24. The normalized spacial score (nSPS) is 10.8. The lowest BCUT2D eigenvalue weighted by Crippen LogP contribution is -2.13. The average Bonchev–Trinajstić information content (AvgIpc) is 2.77. The van der Waals surface area contributed by atoms with Gasteiger partial charge >= 0.3 is 0 Å². The molecule has 0 aliphatic carbocycles. The van der Waals surface area contributed by atoms with Crippen LogP contribution in [0.1, 0.15) is 10.6 Å². The molecule has 0 spiro atoms. The highest BCUT2D eigenvalue weighted by Gasteiger charge is 1.99. The van der Waals surface area contributed by atoms with Crippen molar-refractivity contribution in [3.8, 4) is 0 Å². The second kappa shape index (κ2) is 4.92. The maximum atomic E-state index is 4.07. The van der Waals surface area contributed by atoms with E-state index in [1.165, 1.54) is 10.6 Å². The Morgan fingerprint density at radius 3 is 3.00 bits per heavy atom. The number of halogens is 1. The molecule has 0 amide bonds. The Balaban J connectivity index is 1.83. The van der Waals surface area contributed by atoms with E-state index in [0.717, 1.165) is 17.6 Å². The summed E-state index contributed by atoms with van der Waals surface area (Å²) in [7, 11) is 2.01. The molecule has 2 aromatic rings. The van der Waals surface area contributed by atoms with Crippen molar-refractivity contribution in [2.24, 2.45) is 7.05 Å². The number of aromatic nitrogens is 2. The Hall–Kier alpha value is -0.650. The van der Waals surface area contributed by atoms with Crippen molar-refractivity contribution >= 4 is 27.3 Å². The van der Waals surface area contributed by atoms with Crippen LogP contribution in [0.4, 0.5) is 0 Å². The van der Waals surface area contributed by atoms with Gasteiger partial charge in [0.05, 0.1) is 12.0 Å². The highest BCUT2D eigenvalue weighted by Crippen LogP contribution is 2.19. The van der Waals surface area contributed by atoms with Crippen LogP contribution in [0, 0.1) is 0 Å². The van der Waals surface area contributed by atoms with E-state index >= 15 is 0 Å². The van der Waals surface area contributed by atoms with Crippen LogP contribution in [0.25, 0.3) is 0 Å². The lowest BCUT2D eigenvalue weighted by molar-refractivity contribution is 0.660. The van der Waals surface area contributed by atoms with Gasteiger partial charge in [-0.3, -0.25) is 0 Å². The molecule has 2 rings (SSSR count). The molecule has 0 unspecified atom stereocenters. The molecule has 2 heterocycles. The first-order valence-corrected chi connectivity index (χ1v) is 6.32. The third-order valence-electron chi connectivity index (χ3n) is 2.14. The highest BCUT2D eigenvalue weighted by atomic mass is 79.9. The van der Waals surface area contributed by atoms with Gasteiger partial charge in [0.1, 0.15) is 0 Å². The first kappa shape index (κ1) is 10.9. The molecule has 0 radical (unpaired) electrons. The zero-order valence-electron chi connectivity index (χ0n) is 8.40. The number of imidazole rings is 1. The van der Waals surface area contributed by atoms with Crippen LogP contribution >= 0.6 is 27.3 Å². The molecule has 0 atom stereocenters. The van der Waals surface area contributed by atoms with Gasteiger partial charge in [0.2, 0.25) is 0 Å². The van der Waals surface area contributed by atoms with Crippen molar-refractivity contribution in [1.29, 1.82) is 0 Å². The molecule has 0 saturated carbocycles. The average molecular weight is 286 g/mol. The maximum absolute atomic E-state index is 4.07. The molecule has 0 aromatic carbocycles. The topological polar surface area (TPSA) is 29.9 Å². The summed E-state index contributed by atoms with van der Waals surface area (Å²) in [5.41, 5.74) is 1.20. The van der Waals surface area contributed by atoms with Crippen molar-refractivity contribution < 1.29 is 0 Å². The zero-order valence-corrected chi connectivity index (χ0v) is 10.8. The molecule has 0 bridgehead atoms. The van der Waals surface area contributed by atoms with Crippen molar-refractivity contribution in [1.82, 2.24) is 14.9 Å². The third kappa shape index (κ3) is 2.90. The van der Waals surface area contributed by atoms with E-state index < -0.39 is 0 Å². The summed E-state index contributed by atoms with van der Waals surface area (Å²) in [6.45, 7) is 1.76. The summed E-state index contributed by atoms with van der Waals surface area (Å²) in [6.07, 6.45) is 3.70. The fourth-order valence-corrected chi connectivity index (χ4v) is 2.74. The van der Waals surface area contributed by atoms with Gasteiger partial charge in [-0.2, -0.15) is 0 Å². The molecule has 2 aromatic heterocycles. The van der Waals surface area contributed by atoms with E-state index in [2.05, 4.69) is 37.7 Å². The van der Waals surface area contributed by atoms with Crippen LogP contribution in [-0.2, 0) is 20.1 Å². The van der Waals surface area contributed by atoms with E-state index in [-0.39, 0.29) is 0 Å². The first-order chi connectivity index (χ1) is 7.25. The lowest BCUT2D eigenvalue weighted by atomic mass is 10.4. The summed E-state index contributed by atoms with van der Waals surface area (Å²) in [5.74, 6) is 0. The minimum absolute atomic E-state index is 0.853. The smallest absolute Gasteiger partial charge is 0.0945 e. The molecule has 0 saturated heterocycles. The number of rotatable bonds is 4. The van der Waals surface area contributed by atoms with Crippen LogP contribution in [-0.4, -0.2) is 9.55 Å². The molecule has 0 fully saturated rings. The van der Waals surface area contributed by atoms with Crippen molar-refractivity contribution in [2.45, 2.75) is 13.1 Å². The van der Waals surface area contributed by atoms with Gasteiger partial charge in [-0.1, -0.05) is 0 Å². The van der Waals surface area contributed by atoms with Gasteiger partial charge in [0.25, 0.3) is 0 Å². The molecular weight excluding hydrogens is 274 g/mol. The number of nitrogens with zero attached hydrogens (tertiary/aromatic N) is 2. The van der Waals surface area contributed by atoms with E-state index in [1.807, 2.05) is 24.1 Å². The Kier molecular flexibility index (Phi) is 3.56. The molecule has 5 heteroatoms. The van der Waals surface area contributed by atoms with E-state index in [4.69, 9.17) is 0 Å². The second-order valence-electron chi connectivity index (χ2n) is 3.33. The fraction of sp³-hybridized carbons (Fsp3) is 0.300. The van der Waals surface area contributed by atoms with Gasteiger partial charge in [0.15, 0.2) is 0 Å². The molecule has 3 nitrogen and oxygen atoms in total. The molecule has 1 N–H and O–H groups in total. The molecular formula is C10H12BrN3S. The van der Waals surface area contributed by atoms with Gasteiger partial charge in [-0.15, -0.1) is 11.3 Å². The number of hydrogen-bond donors (Lipinski definition) is 1. The third-order valence-corrected chi connectivity index (χ3v) is 3.84. The summed E-state index contributed by atoms with van der Waals surface area (Å²) in [4.78, 5) is 5.41. The number of nitrogens with one attached hydrogen (secondary N) is 1. The number of hydrogen-bond acceptors (Lipinski definition) is 3. The van der Waals surface area contributed by atoms with E-state index in [0.29, 0.717) is 0 Å². The lowest BCUT2D eigenvalue weighted by Gasteiger charge is -2.03. The quantitative estimate of drug-likeness (QED) is 0.936. The Labute approximate surface area is 101 Å². The van der Waals surface area contributed by atoms with E-state index in [1.54, 1.807) is 11.3 Å². The number of thiophene rings is 1. The Morgan fingerprint density at radius 2 is 2.40 bits per heavy atom. The highest BCUT2D eigenvalue weighted by molar-refractivity contribution is 9.10. The summed E-state index contributed by atoms with van der Waals surface area (Å²) >= 11 is 5.20. The molecule has 15 heavy (non-hydrogen) atoms. The summed E-state index contributed by atoms with van der Waals surface area (Å²) in [6, 6.07) is 2.14. The van der Waals surface area contributed by atoms with Crippen LogP contribution in [0.2, 0.25) is 0 Å². The van der Waals surface area contributed by atoms with Crippen LogP contribution in [0.15, 0.2) is 28.4 Å². The van der Waals surface area contributed by atoms with Crippen LogP contribution in [0.3, 0.4) is 0 Å². The van der Waals surface area contributed by atoms with Gasteiger partial charge in [0, 0.05) is 41.1 Å². The monoisotopic (exact) mass is 285 g/mol. The predicted octanol–water partition coefficient (Wildman–Crippen LogP) is 2.53. The SMILES string of the molecule is Cn1cncc1CNCc1cc(Br)cs1. The van der Waals surface area contributed by atoms with Gasteiger partial charge in [-0.25, -0.2) is 4.98 Å². The Morgan fingerprint density at radius 1 is 1.53 bits per heavy atom. The number of aryl methyl sites for hydroxylation is 1. The van der Waals surface area contributed by atoms with Gasteiger partial charge in [-0.05, 0) is 22.0 Å². The van der Waals surface area contributed by atoms with Crippen LogP contribution < -0.4 is 5.32 Å². The molecule has 0 aliphatic heterocycles. The van der Waals surface area contributed by atoms with E-state index in [9.17, 15) is 0 Å². The van der Waals surface area contributed by atoms with Crippen molar-refractivity contribution in [3.05, 3.63) is 39.0 Å². The van der Waals surface area contributed by atoms with Gasteiger partial charge < -0.3 is 9.88 Å². The maximum Gasteiger partial charge on any atom is 0.0945 e. The van der Waals surface area contributed by atoms with Crippen molar-refractivity contribution in [2.75, 3.05) is 0 Å². The zero-order chi connectivity index (χ0) is 10.7. The van der Waals surface area contributed by atoms with Crippen molar-refractivity contribution in [3.63, 3.8) is 0 Å². The largest absolute Gasteiger partial charge is 0.337 e. The summed E-state index contributed by atoms with van der Waals surface area (Å²) < 4.78 is 3.18. The standard InChI is InChI=1S/C10H12BrN3S/c1-14-7-13-4-9(14)3-12-5-10-2-8(11)6-15-10/h2,4,6-7,12H,3,5H2,1H3.